The number of thioether (sulfide) groups is 1. The SMILES string of the molecule is C[C@]12C=CC(O)=CC1CC[C@@H]1[C@H]2SC[C@]2(C)C(N)C(O)C[C@@H]12. The fraction of sp³-hybridized carbons (Fsp3) is 0.778. The highest BCUT2D eigenvalue weighted by atomic mass is 32.2. The fourth-order valence-electron chi connectivity index (χ4n) is 5.73. The van der Waals surface area contributed by atoms with Crippen LogP contribution in [0.5, 0.6) is 0 Å². The minimum absolute atomic E-state index is 0.0742. The summed E-state index contributed by atoms with van der Waals surface area (Å²) in [5.74, 6) is 3.07. The second-order valence-corrected chi connectivity index (χ2v) is 9.44. The van der Waals surface area contributed by atoms with Gasteiger partial charge in [-0.25, -0.2) is 0 Å². The molecule has 0 aromatic carbocycles. The molecule has 1 heterocycles. The molecule has 3 fully saturated rings. The molecule has 0 aromatic heterocycles. The number of aliphatic hydroxyl groups excluding tert-OH is 2. The van der Waals surface area contributed by atoms with Crippen molar-refractivity contribution < 1.29 is 10.2 Å². The molecule has 1 aliphatic heterocycles. The first-order chi connectivity index (χ1) is 10.4. The van der Waals surface area contributed by atoms with Gasteiger partial charge in [-0.1, -0.05) is 19.9 Å². The summed E-state index contributed by atoms with van der Waals surface area (Å²) in [5.41, 5.74) is 6.55. The second kappa shape index (κ2) is 4.78. The zero-order valence-electron chi connectivity index (χ0n) is 13.4. The third kappa shape index (κ3) is 1.83. The van der Waals surface area contributed by atoms with Gasteiger partial charge in [0.25, 0.3) is 0 Å². The van der Waals surface area contributed by atoms with Crippen molar-refractivity contribution >= 4 is 11.8 Å². The maximum atomic E-state index is 10.3. The van der Waals surface area contributed by atoms with Crippen LogP contribution in [0.1, 0.15) is 33.1 Å². The number of hydrogen-bond acceptors (Lipinski definition) is 4. The second-order valence-electron chi connectivity index (χ2n) is 8.31. The lowest BCUT2D eigenvalue weighted by atomic mass is 9.56. The molecule has 0 aromatic rings. The normalized spacial score (nSPS) is 56.8. The van der Waals surface area contributed by atoms with E-state index in [2.05, 4.69) is 37.8 Å². The Bertz CT molecular complexity index is 547. The number of hydrogen-bond donors (Lipinski definition) is 3. The summed E-state index contributed by atoms with van der Waals surface area (Å²) in [5, 5.41) is 20.7. The van der Waals surface area contributed by atoms with Gasteiger partial charge in [0.15, 0.2) is 0 Å². The van der Waals surface area contributed by atoms with Crippen molar-refractivity contribution in [3.05, 3.63) is 24.0 Å². The quantitative estimate of drug-likeness (QED) is 0.642. The van der Waals surface area contributed by atoms with Gasteiger partial charge >= 0.3 is 0 Å². The van der Waals surface area contributed by atoms with Crippen LogP contribution in [0.15, 0.2) is 24.0 Å². The van der Waals surface area contributed by atoms with Crippen molar-refractivity contribution in [1.29, 1.82) is 0 Å². The van der Waals surface area contributed by atoms with E-state index in [9.17, 15) is 10.2 Å². The first kappa shape index (κ1) is 15.1. The molecule has 0 spiro atoms. The first-order valence-corrected chi connectivity index (χ1v) is 9.56. The number of rotatable bonds is 0. The summed E-state index contributed by atoms with van der Waals surface area (Å²) in [6.45, 7) is 4.65. The van der Waals surface area contributed by atoms with Gasteiger partial charge in [0.1, 0.15) is 5.76 Å². The van der Waals surface area contributed by atoms with Crippen molar-refractivity contribution in [1.82, 2.24) is 0 Å². The van der Waals surface area contributed by atoms with Crippen molar-refractivity contribution in [2.45, 2.75) is 50.5 Å². The largest absolute Gasteiger partial charge is 0.508 e. The minimum atomic E-state index is -0.342. The molecule has 4 N–H and O–H groups in total. The van der Waals surface area contributed by atoms with Gasteiger partial charge in [0.05, 0.1) is 6.10 Å². The van der Waals surface area contributed by atoms with Crippen LogP contribution in [-0.2, 0) is 0 Å². The Morgan fingerprint density at radius 1 is 1.32 bits per heavy atom. The summed E-state index contributed by atoms with van der Waals surface area (Å²) in [7, 11) is 0. The van der Waals surface area contributed by atoms with Crippen LogP contribution in [0, 0.1) is 28.6 Å². The molecule has 0 amide bonds. The number of allylic oxidation sites excluding steroid dienone is 3. The van der Waals surface area contributed by atoms with E-state index in [1.165, 1.54) is 6.42 Å². The van der Waals surface area contributed by atoms with Gasteiger partial charge < -0.3 is 15.9 Å². The van der Waals surface area contributed by atoms with Crippen LogP contribution in [0.3, 0.4) is 0 Å². The zero-order valence-corrected chi connectivity index (χ0v) is 14.2. The summed E-state index contributed by atoms with van der Waals surface area (Å²) in [6, 6.07) is -0.0812. The van der Waals surface area contributed by atoms with Crippen molar-refractivity contribution in [3.8, 4) is 0 Å². The lowest BCUT2D eigenvalue weighted by Gasteiger charge is -2.57. The Hall–Kier alpha value is -0.450. The molecule has 22 heavy (non-hydrogen) atoms. The fourth-order valence-corrected chi connectivity index (χ4v) is 7.86. The summed E-state index contributed by atoms with van der Waals surface area (Å²) >= 11 is 2.06. The Balaban J connectivity index is 1.68. The Morgan fingerprint density at radius 3 is 2.86 bits per heavy atom. The average Bonchev–Trinajstić information content (AvgIpc) is 2.72. The summed E-state index contributed by atoms with van der Waals surface area (Å²) in [4.78, 5) is 0. The highest BCUT2D eigenvalue weighted by Crippen LogP contribution is 2.63. The summed E-state index contributed by atoms with van der Waals surface area (Å²) in [6.07, 6.45) is 9.02. The van der Waals surface area contributed by atoms with Crippen LogP contribution in [0.2, 0.25) is 0 Å². The molecule has 4 aliphatic rings. The van der Waals surface area contributed by atoms with Crippen molar-refractivity contribution in [3.63, 3.8) is 0 Å². The zero-order chi connectivity index (χ0) is 15.7. The number of nitrogens with two attached hydrogens (primary N) is 1. The predicted molar refractivity (Wildman–Crippen MR) is 90.6 cm³/mol. The number of fused-ring (bicyclic) bond motifs is 5. The molecule has 3 aliphatic carbocycles. The monoisotopic (exact) mass is 321 g/mol. The lowest BCUT2D eigenvalue weighted by molar-refractivity contribution is 0.0638. The van der Waals surface area contributed by atoms with Crippen LogP contribution in [0.25, 0.3) is 0 Å². The number of aliphatic hydroxyl groups is 2. The first-order valence-electron chi connectivity index (χ1n) is 8.51. The van der Waals surface area contributed by atoms with E-state index < -0.39 is 0 Å². The van der Waals surface area contributed by atoms with E-state index in [0.29, 0.717) is 28.8 Å². The van der Waals surface area contributed by atoms with Gasteiger partial charge in [-0.15, -0.1) is 0 Å². The molecular weight excluding hydrogens is 294 g/mol. The molecule has 0 bridgehead atoms. The topological polar surface area (TPSA) is 66.5 Å². The highest BCUT2D eigenvalue weighted by molar-refractivity contribution is 8.00. The lowest BCUT2D eigenvalue weighted by Crippen LogP contribution is -2.56. The van der Waals surface area contributed by atoms with Crippen LogP contribution >= 0.6 is 11.8 Å². The van der Waals surface area contributed by atoms with Crippen LogP contribution in [0.4, 0.5) is 0 Å². The van der Waals surface area contributed by atoms with E-state index in [4.69, 9.17) is 5.73 Å². The molecule has 0 radical (unpaired) electrons. The van der Waals surface area contributed by atoms with Gasteiger partial charge in [-0.2, -0.15) is 11.8 Å². The van der Waals surface area contributed by atoms with E-state index in [0.717, 1.165) is 18.6 Å². The highest BCUT2D eigenvalue weighted by Gasteiger charge is 2.61. The molecule has 4 rings (SSSR count). The predicted octanol–water partition coefficient (Wildman–Crippen LogP) is 2.86. The molecular formula is C18H27NO2S. The van der Waals surface area contributed by atoms with Gasteiger partial charge in [-0.3, -0.25) is 0 Å². The molecule has 8 atom stereocenters. The molecule has 3 unspecified atom stereocenters. The molecule has 2 saturated carbocycles. The van der Waals surface area contributed by atoms with Gasteiger partial charge in [-0.05, 0) is 54.6 Å². The molecule has 1 saturated heterocycles. The van der Waals surface area contributed by atoms with E-state index in [-0.39, 0.29) is 23.0 Å². The molecule has 122 valence electrons. The van der Waals surface area contributed by atoms with Crippen molar-refractivity contribution in [2.75, 3.05) is 5.75 Å². The Morgan fingerprint density at radius 2 is 2.09 bits per heavy atom. The minimum Gasteiger partial charge on any atom is -0.508 e. The summed E-state index contributed by atoms with van der Waals surface area (Å²) < 4.78 is 0. The average molecular weight is 321 g/mol. The van der Waals surface area contributed by atoms with Crippen LogP contribution in [-0.4, -0.2) is 33.4 Å². The van der Waals surface area contributed by atoms with E-state index in [1.54, 1.807) is 0 Å². The maximum Gasteiger partial charge on any atom is 0.111 e. The van der Waals surface area contributed by atoms with Gasteiger partial charge in [0, 0.05) is 22.5 Å². The van der Waals surface area contributed by atoms with Crippen molar-refractivity contribution in [2.24, 2.45) is 34.3 Å². The standard InChI is InChI=1S/C18H27NO2S/c1-17-6-5-11(20)7-10(17)3-4-12-13-8-14(21)15(19)18(13,2)9-22-16(12)17/h5-7,10,12-16,20-21H,3-4,8-9,19H2,1-2H3/t10?,12-,13-,14?,15?,16+,17-,18-/m0/s1. The van der Waals surface area contributed by atoms with E-state index >= 15 is 0 Å². The van der Waals surface area contributed by atoms with E-state index in [1.807, 2.05) is 6.08 Å². The maximum absolute atomic E-state index is 10.3. The molecule has 4 heteroatoms. The Kier molecular flexibility index (Phi) is 3.28. The van der Waals surface area contributed by atoms with Gasteiger partial charge in [0.2, 0.25) is 0 Å². The Labute approximate surface area is 137 Å². The van der Waals surface area contributed by atoms with Crippen LogP contribution < -0.4 is 5.73 Å². The molecule has 3 nitrogen and oxygen atoms in total. The third-order valence-electron chi connectivity index (χ3n) is 7.21. The third-order valence-corrected chi connectivity index (χ3v) is 9.21. The smallest absolute Gasteiger partial charge is 0.111 e.